The molecule has 0 radical (unpaired) electrons. The summed E-state index contributed by atoms with van der Waals surface area (Å²) in [6, 6.07) is 10.6. The fraction of sp³-hybridized carbons (Fsp3) is 0.286. The summed E-state index contributed by atoms with van der Waals surface area (Å²) in [5, 5.41) is 8.62. The zero-order chi connectivity index (χ0) is 19.3. The second-order valence-electron chi connectivity index (χ2n) is 7.26. The van der Waals surface area contributed by atoms with Crippen molar-refractivity contribution in [2.75, 3.05) is 0 Å². The molecule has 0 N–H and O–H groups in total. The second-order valence-corrected chi connectivity index (χ2v) is 7.26. The fourth-order valence-electron chi connectivity index (χ4n) is 3.59. The van der Waals surface area contributed by atoms with E-state index in [4.69, 9.17) is 0 Å². The lowest BCUT2D eigenvalue weighted by Gasteiger charge is -2.19. The number of benzene rings is 2. The lowest BCUT2D eigenvalue weighted by molar-refractivity contribution is 0.0730. The lowest BCUT2D eigenvalue weighted by atomic mass is 10.0. The maximum absolute atomic E-state index is 13.4. The van der Waals surface area contributed by atoms with E-state index in [1.807, 2.05) is 50.8 Å². The van der Waals surface area contributed by atoms with Crippen LogP contribution in [-0.2, 0) is 6.54 Å². The van der Waals surface area contributed by atoms with Gasteiger partial charge in [0, 0.05) is 23.7 Å². The number of carbonyl (C=O) groups excluding carboxylic acids is 1. The Hall–Kier alpha value is -3.02. The van der Waals surface area contributed by atoms with Crippen LogP contribution in [-0.4, -0.2) is 31.8 Å². The van der Waals surface area contributed by atoms with Gasteiger partial charge in [-0.3, -0.25) is 4.79 Å². The Labute approximate surface area is 157 Å². The van der Waals surface area contributed by atoms with Gasteiger partial charge in [0.15, 0.2) is 0 Å². The molecule has 1 amide bonds. The van der Waals surface area contributed by atoms with Crippen molar-refractivity contribution in [3.05, 3.63) is 64.6 Å². The second kappa shape index (κ2) is 6.30. The van der Waals surface area contributed by atoms with Crippen LogP contribution in [0.1, 0.15) is 41.0 Å². The molecule has 1 aromatic heterocycles. The summed E-state index contributed by atoms with van der Waals surface area (Å²) in [6.07, 6.45) is 0. The van der Waals surface area contributed by atoms with Crippen LogP contribution in [0.3, 0.4) is 0 Å². The van der Waals surface area contributed by atoms with E-state index >= 15 is 0 Å². The first-order valence-corrected chi connectivity index (χ1v) is 9.00. The maximum Gasteiger partial charge on any atom is 0.254 e. The fourth-order valence-corrected chi connectivity index (χ4v) is 3.59. The average molecular weight is 364 g/mol. The van der Waals surface area contributed by atoms with Gasteiger partial charge in [-0.05, 0) is 69.2 Å². The van der Waals surface area contributed by atoms with Crippen LogP contribution in [0.4, 0.5) is 4.39 Å². The van der Waals surface area contributed by atoms with Crippen LogP contribution in [0.2, 0.25) is 0 Å². The van der Waals surface area contributed by atoms with Crippen molar-refractivity contribution in [1.29, 1.82) is 0 Å². The summed E-state index contributed by atoms with van der Waals surface area (Å²) < 4.78 is 15.1. The summed E-state index contributed by atoms with van der Waals surface area (Å²) in [5.74, 6) is -0.193. The maximum atomic E-state index is 13.4. The Morgan fingerprint density at radius 1 is 1.11 bits per heavy atom. The van der Waals surface area contributed by atoms with Crippen LogP contribution in [0, 0.1) is 19.7 Å². The van der Waals surface area contributed by atoms with Gasteiger partial charge < -0.3 is 4.90 Å². The van der Waals surface area contributed by atoms with Crippen molar-refractivity contribution in [2.45, 2.75) is 40.3 Å². The van der Waals surface area contributed by atoms with Crippen LogP contribution < -0.4 is 0 Å². The molecule has 0 saturated heterocycles. The van der Waals surface area contributed by atoms with Gasteiger partial charge in [-0.25, -0.2) is 9.07 Å². The van der Waals surface area contributed by atoms with Crippen LogP contribution in [0.25, 0.3) is 16.9 Å². The highest BCUT2D eigenvalue weighted by atomic mass is 19.1. The summed E-state index contributed by atoms with van der Waals surface area (Å²) in [5.41, 5.74) is 5.92. The highest BCUT2D eigenvalue weighted by Gasteiger charge is 2.29. The standard InChI is InChI=1S/C21H21FN4O/c1-12(2)25-11-16-10-15(5-7-18(16)21(25)27)20-14(4)26(24-23-20)19-8-6-17(22)9-13(19)3/h5-10,12H,11H2,1-4H3. The first-order valence-electron chi connectivity index (χ1n) is 9.00. The lowest BCUT2D eigenvalue weighted by Crippen LogP contribution is -2.30. The molecule has 1 aliphatic rings. The smallest absolute Gasteiger partial charge is 0.254 e. The molecule has 5 nitrogen and oxygen atoms in total. The van der Waals surface area contributed by atoms with Crippen molar-refractivity contribution >= 4 is 5.91 Å². The largest absolute Gasteiger partial charge is 0.332 e. The quantitative estimate of drug-likeness (QED) is 0.704. The van der Waals surface area contributed by atoms with E-state index in [1.54, 1.807) is 10.7 Å². The number of hydrogen-bond donors (Lipinski definition) is 0. The third-order valence-corrected chi connectivity index (χ3v) is 5.12. The first kappa shape index (κ1) is 17.4. The molecule has 0 spiro atoms. The minimum atomic E-state index is -0.271. The van der Waals surface area contributed by atoms with Crippen LogP contribution >= 0.6 is 0 Å². The molecular weight excluding hydrogens is 343 g/mol. The van der Waals surface area contributed by atoms with E-state index in [1.165, 1.54) is 12.1 Å². The molecule has 138 valence electrons. The minimum absolute atomic E-state index is 0.0777. The third-order valence-electron chi connectivity index (χ3n) is 5.12. The predicted octanol–water partition coefficient (Wildman–Crippen LogP) is 4.05. The molecule has 0 atom stereocenters. The van der Waals surface area contributed by atoms with E-state index in [0.717, 1.165) is 39.3 Å². The number of aryl methyl sites for hydroxylation is 1. The van der Waals surface area contributed by atoms with Gasteiger partial charge in [0.2, 0.25) is 0 Å². The normalized spacial score (nSPS) is 13.6. The number of rotatable bonds is 3. The highest BCUT2D eigenvalue weighted by molar-refractivity contribution is 5.99. The SMILES string of the molecule is Cc1cc(F)ccc1-n1nnc(-c2ccc3c(c2)CN(C(C)C)C3=O)c1C. The first-order chi connectivity index (χ1) is 12.9. The summed E-state index contributed by atoms with van der Waals surface area (Å²) >= 11 is 0. The monoisotopic (exact) mass is 364 g/mol. The molecule has 0 saturated carbocycles. The van der Waals surface area contributed by atoms with Gasteiger partial charge >= 0.3 is 0 Å². The van der Waals surface area contributed by atoms with Gasteiger partial charge in [-0.15, -0.1) is 5.10 Å². The third kappa shape index (κ3) is 2.81. The topological polar surface area (TPSA) is 51.0 Å². The predicted molar refractivity (Wildman–Crippen MR) is 101 cm³/mol. The Morgan fingerprint density at radius 3 is 2.59 bits per heavy atom. The zero-order valence-corrected chi connectivity index (χ0v) is 15.8. The molecule has 0 aliphatic carbocycles. The van der Waals surface area contributed by atoms with Crippen LogP contribution in [0.15, 0.2) is 36.4 Å². The van der Waals surface area contributed by atoms with Crippen LogP contribution in [0.5, 0.6) is 0 Å². The molecule has 2 heterocycles. The van der Waals surface area contributed by atoms with Gasteiger partial charge in [0.05, 0.1) is 11.4 Å². The molecule has 27 heavy (non-hydrogen) atoms. The molecule has 0 unspecified atom stereocenters. The van der Waals surface area contributed by atoms with Crippen molar-refractivity contribution in [3.8, 4) is 16.9 Å². The Balaban J connectivity index is 1.74. The van der Waals surface area contributed by atoms with E-state index in [2.05, 4.69) is 10.3 Å². The van der Waals surface area contributed by atoms with E-state index in [0.29, 0.717) is 6.54 Å². The number of aromatic nitrogens is 3. The zero-order valence-electron chi connectivity index (χ0n) is 15.8. The molecule has 1 aliphatic heterocycles. The van der Waals surface area contributed by atoms with E-state index < -0.39 is 0 Å². The summed E-state index contributed by atoms with van der Waals surface area (Å²) in [4.78, 5) is 14.3. The molecule has 0 bridgehead atoms. The number of amides is 1. The Bertz CT molecular complexity index is 1050. The Morgan fingerprint density at radius 2 is 1.89 bits per heavy atom. The van der Waals surface area contributed by atoms with Crippen molar-refractivity contribution in [1.82, 2.24) is 19.9 Å². The Kier molecular flexibility index (Phi) is 4.06. The molecule has 0 fully saturated rings. The summed E-state index contributed by atoms with van der Waals surface area (Å²) in [7, 11) is 0. The average Bonchev–Trinajstić information content (AvgIpc) is 3.15. The van der Waals surface area contributed by atoms with E-state index in [9.17, 15) is 9.18 Å². The number of hydrogen-bond acceptors (Lipinski definition) is 3. The number of fused-ring (bicyclic) bond motifs is 1. The van der Waals surface area contributed by atoms with E-state index in [-0.39, 0.29) is 17.8 Å². The van der Waals surface area contributed by atoms with Crippen molar-refractivity contribution in [3.63, 3.8) is 0 Å². The highest BCUT2D eigenvalue weighted by Crippen LogP contribution is 2.30. The van der Waals surface area contributed by atoms with Gasteiger partial charge in [0.25, 0.3) is 5.91 Å². The van der Waals surface area contributed by atoms with Gasteiger partial charge in [-0.1, -0.05) is 11.3 Å². The number of carbonyl (C=O) groups is 1. The number of nitrogens with zero attached hydrogens (tertiary/aromatic N) is 4. The molecule has 2 aromatic carbocycles. The molecule has 4 rings (SSSR count). The van der Waals surface area contributed by atoms with Gasteiger partial charge in [0.1, 0.15) is 11.5 Å². The molecule has 6 heteroatoms. The van der Waals surface area contributed by atoms with Gasteiger partial charge in [-0.2, -0.15) is 0 Å². The number of halogens is 1. The summed E-state index contributed by atoms with van der Waals surface area (Å²) in [6.45, 7) is 8.44. The molecular formula is C21H21FN4O. The van der Waals surface area contributed by atoms with Crippen molar-refractivity contribution in [2.24, 2.45) is 0 Å². The van der Waals surface area contributed by atoms with Crippen molar-refractivity contribution < 1.29 is 9.18 Å². The molecule has 3 aromatic rings. The minimum Gasteiger partial charge on any atom is -0.332 e.